The third-order valence-electron chi connectivity index (χ3n) is 2.95. The lowest BCUT2D eigenvalue weighted by Gasteiger charge is -2.11. The van der Waals surface area contributed by atoms with Crippen LogP contribution in [-0.2, 0) is 16.0 Å². The highest BCUT2D eigenvalue weighted by molar-refractivity contribution is 5.69. The average Bonchev–Trinajstić information content (AvgIpc) is 2.32. The first-order valence-corrected chi connectivity index (χ1v) is 5.79. The second-order valence-corrected chi connectivity index (χ2v) is 4.18. The Morgan fingerprint density at radius 1 is 1.18 bits per heavy atom. The highest BCUT2D eigenvalue weighted by atomic mass is 16.5. The van der Waals surface area contributed by atoms with Gasteiger partial charge in [0.25, 0.3) is 0 Å². The van der Waals surface area contributed by atoms with Crippen LogP contribution in [0.3, 0.4) is 0 Å². The Morgan fingerprint density at radius 3 is 2.41 bits per heavy atom. The number of aryl methyl sites for hydroxylation is 3. The molecule has 94 valence electrons. The SMILES string of the molecule is COC(=O)CCCc1cc(C)c(C)cc1OC. The van der Waals surface area contributed by atoms with E-state index in [2.05, 4.69) is 24.7 Å². The molecule has 1 aromatic rings. The van der Waals surface area contributed by atoms with E-state index in [0.717, 1.165) is 24.2 Å². The number of hydrogen-bond acceptors (Lipinski definition) is 3. The molecule has 0 aromatic heterocycles. The number of esters is 1. The molecule has 0 saturated heterocycles. The van der Waals surface area contributed by atoms with Gasteiger partial charge in [-0.3, -0.25) is 4.79 Å². The van der Waals surface area contributed by atoms with E-state index in [1.165, 1.54) is 18.2 Å². The molecule has 0 unspecified atom stereocenters. The van der Waals surface area contributed by atoms with Crippen molar-refractivity contribution in [3.8, 4) is 5.75 Å². The maximum atomic E-state index is 11.0. The predicted octanol–water partition coefficient (Wildman–Crippen LogP) is 2.81. The number of benzene rings is 1. The zero-order valence-electron chi connectivity index (χ0n) is 11.0. The molecule has 0 aliphatic heterocycles. The predicted molar refractivity (Wildman–Crippen MR) is 67.4 cm³/mol. The van der Waals surface area contributed by atoms with Gasteiger partial charge in [-0.25, -0.2) is 0 Å². The van der Waals surface area contributed by atoms with Crippen LogP contribution < -0.4 is 4.74 Å². The van der Waals surface area contributed by atoms with E-state index in [-0.39, 0.29) is 5.97 Å². The molecule has 0 atom stereocenters. The van der Waals surface area contributed by atoms with E-state index in [1.807, 2.05) is 6.07 Å². The Bertz CT molecular complexity index is 397. The van der Waals surface area contributed by atoms with E-state index >= 15 is 0 Å². The maximum absolute atomic E-state index is 11.0. The van der Waals surface area contributed by atoms with Gasteiger partial charge in [0.1, 0.15) is 5.75 Å². The highest BCUT2D eigenvalue weighted by Crippen LogP contribution is 2.24. The maximum Gasteiger partial charge on any atom is 0.305 e. The van der Waals surface area contributed by atoms with Gasteiger partial charge in [0.15, 0.2) is 0 Å². The Balaban J connectivity index is 2.69. The van der Waals surface area contributed by atoms with E-state index in [9.17, 15) is 4.79 Å². The summed E-state index contributed by atoms with van der Waals surface area (Å²) in [7, 11) is 3.09. The van der Waals surface area contributed by atoms with Crippen molar-refractivity contribution in [2.45, 2.75) is 33.1 Å². The van der Waals surface area contributed by atoms with Gasteiger partial charge >= 0.3 is 5.97 Å². The van der Waals surface area contributed by atoms with E-state index in [0.29, 0.717) is 6.42 Å². The van der Waals surface area contributed by atoms with E-state index in [4.69, 9.17) is 4.74 Å². The van der Waals surface area contributed by atoms with Crippen LogP contribution >= 0.6 is 0 Å². The van der Waals surface area contributed by atoms with E-state index in [1.54, 1.807) is 7.11 Å². The van der Waals surface area contributed by atoms with Crippen LogP contribution in [0.15, 0.2) is 12.1 Å². The molecule has 0 amide bonds. The fourth-order valence-corrected chi connectivity index (χ4v) is 1.76. The lowest BCUT2D eigenvalue weighted by Crippen LogP contribution is -2.01. The first kappa shape index (κ1) is 13.6. The summed E-state index contributed by atoms with van der Waals surface area (Å²) >= 11 is 0. The van der Waals surface area contributed by atoms with Crippen LogP contribution in [0.25, 0.3) is 0 Å². The molecule has 0 fully saturated rings. The molecule has 3 nitrogen and oxygen atoms in total. The Labute approximate surface area is 103 Å². The van der Waals surface area contributed by atoms with Gasteiger partial charge in [0.2, 0.25) is 0 Å². The summed E-state index contributed by atoms with van der Waals surface area (Å²) in [6.45, 7) is 4.15. The fraction of sp³-hybridized carbons (Fsp3) is 0.500. The summed E-state index contributed by atoms with van der Waals surface area (Å²) in [6.07, 6.45) is 2.07. The summed E-state index contributed by atoms with van der Waals surface area (Å²) in [4.78, 5) is 11.0. The summed E-state index contributed by atoms with van der Waals surface area (Å²) in [5.41, 5.74) is 3.62. The summed E-state index contributed by atoms with van der Waals surface area (Å²) in [6, 6.07) is 4.17. The molecule has 0 radical (unpaired) electrons. The Hall–Kier alpha value is -1.51. The molecule has 1 aromatic carbocycles. The molecule has 0 aliphatic rings. The molecule has 17 heavy (non-hydrogen) atoms. The minimum atomic E-state index is -0.159. The van der Waals surface area contributed by atoms with Crippen LogP contribution in [0, 0.1) is 13.8 Å². The van der Waals surface area contributed by atoms with Crippen LogP contribution in [-0.4, -0.2) is 20.2 Å². The van der Waals surface area contributed by atoms with Crippen molar-refractivity contribution < 1.29 is 14.3 Å². The molecule has 0 aliphatic carbocycles. The van der Waals surface area contributed by atoms with Crippen LogP contribution in [0.5, 0.6) is 5.75 Å². The normalized spacial score (nSPS) is 10.1. The monoisotopic (exact) mass is 236 g/mol. The van der Waals surface area contributed by atoms with Crippen LogP contribution in [0.2, 0.25) is 0 Å². The van der Waals surface area contributed by atoms with Gasteiger partial charge in [-0.15, -0.1) is 0 Å². The lowest BCUT2D eigenvalue weighted by molar-refractivity contribution is -0.140. The number of ether oxygens (including phenoxy) is 2. The zero-order chi connectivity index (χ0) is 12.8. The first-order chi connectivity index (χ1) is 8.08. The molecule has 0 spiro atoms. The standard InChI is InChI=1S/C14H20O3/c1-10-8-12(6-5-7-14(15)17-4)13(16-3)9-11(10)2/h8-9H,5-7H2,1-4H3. The molecular weight excluding hydrogens is 216 g/mol. The van der Waals surface area contributed by atoms with Crippen molar-refractivity contribution in [1.29, 1.82) is 0 Å². The molecule has 3 heteroatoms. The number of hydrogen-bond donors (Lipinski definition) is 0. The zero-order valence-corrected chi connectivity index (χ0v) is 11.0. The van der Waals surface area contributed by atoms with Gasteiger partial charge in [-0.1, -0.05) is 6.07 Å². The van der Waals surface area contributed by atoms with E-state index < -0.39 is 0 Å². The number of carbonyl (C=O) groups excluding carboxylic acids is 1. The van der Waals surface area contributed by atoms with Gasteiger partial charge in [-0.2, -0.15) is 0 Å². The van der Waals surface area contributed by atoms with Gasteiger partial charge in [-0.05, 0) is 49.4 Å². The van der Waals surface area contributed by atoms with Gasteiger partial charge in [0.05, 0.1) is 14.2 Å². The highest BCUT2D eigenvalue weighted by Gasteiger charge is 2.07. The average molecular weight is 236 g/mol. The van der Waals surface area contributed by atoms with Crippen molar-refractivity contribution in [2.75, 3.05) is 14.2 Å². The molecule has 0 bridgehead atoms. The van der Waals surface area contributed by atoms with Crippen molar-refractivity contribution in [1.82, 2.24) is 0 Å². The molecule has 0 heterocycles. The Kier molecular flexibility index (Phi) is 5.01. The first-order valence-electron chi connectivity index (χ1n) is 5.79. The summed E-state index contributed by atoms with van der Waals surface area (Å²) in [5, 5.41) is 0. The van der Waals surface area contributed by atoms with Gasteiger partial charge < -0.3 is 9.47 Å². The number of rotatable bonds is 5. The summed E-state index contributed by atoms with van der Waals surface area (Å²) in [5.74, 6) is 0.741. The third kappa shape index (κ3) is 3.77. The summed E-state index contributed by atoms with van der Waals surface area (Å²) < 4.78 is 9.97. The second kappa shape index (κ2) is 6.28. The largest absolute Gasteiger partial charge is 0.496 e. The van der Waals surface area contributed by atoms with Crippen molar-refractivity contribution in [2.24, 2.45) is 0 Å². The minimum Gasteiger partial charge on any atom is -0.496 e. The lowest BCUT2D eigenvalue weighted by atomic mass is 10.0. The smallest absolute Gasteiger partial charge is 0.305 e. The third-order valence-corrected chi connectivity index (χ3v) is 2.95. The van der Waals surface area contributed by atoms with Crippen molar-refractivity contribution in [3.05, 3.63) is 28.8 Å². The second-order valence-electron chi connectivity index (χ2n) is 4.18. The number of methoxy groups -OCH3 is 2. The fourth-order valence-electron chi connectivity index (χ4n) is 1.76. The van der Waals surface area contributed by atoms with Crippen molar-refractivity contribution >= 4 is 5.97 Å². The van der Waals surface area contributed by atoms with Crippen molar-refractivity contribution in [3.63, 3.8) is 0 Å². The molecule has 0 saturated carbocycles. The minimum absolute atomic E-state index is 0.159. The van der Waals surface area contributed by atoms with Gasteiger partial charge in [0, 0.05) is 6.42 Å². The van der Waals surface area contributed by atoms with Crippen LogP contribution in [0.1, 0.15) is 29.5 Å². The quantitative estimate of drug-likeness (QED) is 0.737. The topological polar surface area (TPSA) is 35.5 Å². The van der Waals surface area contributed by atoms with Crippen LogP contribution in [0.4, 0.5) is 0 Å². The number of carbonyl (C=O) groups is 1. The Morgan fingerprint density at radius 2 is 1.82 bits per heavy atom. The molecule has 0 N–H and O–H groups in total. The molecule has 1 rings (SSSR count). The molecular formula is C14H20O3.